The molecular weight excluding hydrogens is 314 g/mol. The zero-order valence-corrected chi connectivity index (χ0v) is 11.9. The Labute approximate surface area is 119 Å². The highest BCUT2D eigenvalue weighted by Gasteiger charge is 2.15. The molecule has 19 heavy (non-hydrogen) atoms. The fourth-order valence-corrected chi connectivity index (χ4v) is 2.15. The van der Waals surface area contributed by atoms with E-state index in [4.69, 9.17) is 5.73 Å². The van der Waals surface area contributed by atoms with Gasteiger partial charge in [0.05, 0.1) is 11.4 Å². The van der Waals surface area contributed by atoms with Crippen LogP contribution in [0.4, 0.5) is 20.2 Å². The second kappa shape index (κ2) is 5.57. The summed E-state index contributed by atoms with van der Waals surface area (Å²) in [6, 6.07) is 10.0. The first-order valence-corrected chi connectivity index (χ1v) is 6.47. The molecule has 0 aliphatic carbocycles. The zero-order chi connectivity index (χ0) is 14.0. The molecule has 100 valence electrons. The van der Waals surface area contributed by atoms with Crippen molar-refractivity contribution in [1.82, 2.24) is 0 Å². The highest BCUT2D eigenvalue weighted by atomic mass is 79.9. The fourth-order valence-electron chi connectivity index (χ4n) is 1.89. The van der Waals surface area contributed by atoms with E-state index in [0.29, 0.717) is 6.54 Å². The van der Waals surface area contributed by atoms with Crippen LogP contribution in [0.5, 0.6) is 0 Å². The smallest absolute Gasteiger partial charge is 0.184 e. The molecular formula is C14H13BrF2N2. The number of hydrogen-bond acceptors (Lipinski definition) is 2. The minimum atomic E-state index is -0.917. The van der Waals surface area contributed by atoms with Crippen LogP contribution in [0.15, 0.2) is 40.9 Å². The van der Waals surface area contributed by atoms with Gasteiger partial charge in [-0.1, -0.05) is 28.1 Å². The maximum absolute atomic E-state index is 13.8. The Kier molecular flexibility index (Phi) is 4.04. The van der Waals surface area contributed by atoms with Gasteiger partial charge in [0, 0.05) is 18.1 Å². The van der Waals surface area contributed by atoms with E-state index in [1.165, 1.54) is 6.07 Å². The minimum Gasteiger partial charge on any atom is -0.397 e. The maximum atomic E-state index is 13.8. The molecule has 0 amide bonds. The van der Waals surface area contributed by atoms with Crippen LogP contribution in [-0.2, 0) is 6.54 Å². The highest BCUT2D eigenvalue weighted by Crippen LogP contribution is 2.29. The average molecular weight is 327 g/mol. The summed E-state index contributed by atoms with van der Waals surface area (Å²) in [5.74, 6) is -1.81. The van der Waals surface area contributed by atoms with Gasteiger partial charge in [-0.05, 0) is 29.8 Å². The predicted molar refractivity (Wildman–Crippen MR) is 77.0 cm³/mol. The van der Waals surface area contributed by atoms with Crippen LogP contribution in [0.25, 0.3) is 0 Å². The molecule has 0 bridgehead atoms. The van der Waals surface area contributed by atoms with E-state index in [2.05, 4.69) is 15.9 Å². The number of nitrogens with zero attached hydrogens (tertiary/aromatic N) is 1. The molecule has 0 saturated carbocycles. The number of nitrogen functional groups attached to an aromatic ring is 1. The summed E-state index contributed by atoms with van der Waals surface area (Å²) in [5.41, 5.74) is 7.00. The molecule has 0 fully saturated rings. The lowest BCUT2D eigenvalue weighted by Gasteiger charge is -2.22. The average Bonchev–Trinajstić information content (AvgIpc) is 2.37. The van der Waals surface area contributed by atoms with Crippen molar-refractivity contribution in [2.75, 3.05) is 17.7 Å². The van der Waals surface area contributed by atoms with Gasteiger partial charge in [-0.25, -0.2) is 8.78 Å². The number of rotatable bonds is 3. The summed E-state index contributed by atoms with van der Waals surface area (Å²) < 4.78 is 28.0. The van der Waals surface area contributed by atoms with Crippen molar-refractivity contribution < 1.29 is 8.78 Å². The van der Waals surface area contributed by atoms with Gasteiger partial charge in [0.15, 0.2) is 11.6 Å². The Morgan fingerprint density at radius 2 is 1.74 bits per heavy atom. The highest BCUT2D eigenvalue weighted by molar-refractivity contribution is 9.10. The zero-order valence-electron chi connectivity index (χ0n) is 10.3. The molecule has 2 rings (SSSR count). The van der Waals surface area contributed by atoms with Crippen LogP contribution in [0.3, 0.4) is 0 Å². The first-order chi connectivity index (χ1) is 8.99. The second-order valence-electron chi connectivity index (χ2n) is 4.28. The van der Waals surface area contributed by atoms with Gasteiger partial charge in [0.25, 0.3) is 0 Å². The lowest BCUT2D eigenvalue weighted by atomic mass is 10.2. The number of hydrogen-bond donors (Lipinski definition) is 1. The third-order valence-corrected chi connectivity index (χ3v) is 3.34. The van der Waals surface area contributed by atoms with Gasteiger partial charge in [0.2, 0.25) is 0 Å². The monoisotopic (exact) mass is 326 g/mol. The molecule has 0 aliphatic rings. The van der Waals surface area contributed by atoms with Crippen LogP contribution in [0.1, 0.15) is 5.56 Å². The van der Waals surface area contributed by atoms with Crippen LogP contribution < -0.4 is 10.6 Å². The quantitative estimate of drug-likeness (QED) is 0.865. The number of benzene rings is 2. The van der Waals surface area contributed by atoms with E-state index in [9.17, 15) is 8.78 Å². The second-order valence-corrected chi connectivity index (χ2v) is 5.20. The van der Waals surface area contributed by atoms with E-state index in [1.54, 1.807) is 11.9 Å². The van der Waals surface area contributed by atoms with Crippen molar-refractivity contribution in [2.24, 2.45) is 0 Å². The van der Waals surface area contributed by atoms with Gasteiger partial charge in [-0.2, -0.15) is 0 Å². The minimum absolute atomic E-state index is 0.0860. The maximum Gasteiger partial charge on any atom is 0.184 e. The van der Waals surface area contributed by atoms with Crippen LogP contribution >= 0.6 is 15.9 Å². The van der Waals surface area contributed by atoms with Crippen molar-refractivity contribution in [2.45, 2.75) is 6.54 Å². The molecule has 0 unspecified atom stereocenters. The molecule has 2 aromatic carbocycles. The molecule has 0 atom stereocenters. The van der Waals surface area contributed by atoms with E-state index in [0.717, 1.165) is 16.1 Å². The van der Waals surface area contributed by atoms with E-state index < -0.39 is 11.6 Å². The summed E-state index contributed by atoms with van der Waals surface area (Å²) in [5, 5.41) is 0. The van der Waals surface area contributed by atoms with Gasteiger partial charge >= 0.3 is 0 Å². The molecule has 2 nitrogen and oxygen atoms in total. The third kappa shape index (κ3) is 3.04. The van der Waals surface area contributed by atoms with Crippen LogP contribution in [0, 0.1) is 11.6 Å². The molecule has 5 heteroatoms. The van der Waals surface area contributed by atoms with Gasteiger partial charge in [-0.15, -0.1) is 0 Å². The van der Waals surface area contributed by atoms with Crippen LogP contribution in [-0.4, -0.2) is 7.05 Å². The fraction of sp³-hybridized carbons (Fsp3) is 0.143. The lowest BCUT2D eigenvalue weighted by Crippen LogP contribution is -2.19. The first-order valence-electron chi connectivity index (χ1n) is 5.68. The van der Waals surface area contributed by atoms with Crippen molar-refractivity contribution >= 4 is 27.3 Å². The van der Waals surface area contributed by atoms with Crippen molar-refractivity contribution in [1.29, 1.82) is 0 Å². The SMILES string of the molecule is CN(Cc1ccc(Br)cc1)c1c(N)ccc(F)c1F. The normalized spacial score (nSPS) is 10.5. The molecule has 0 aromatic heterocycles. The Balaban J connectivity index is 2.27. The summed E-state index contributed by atoms with van der Waals surface area (Å²) in [7, 11) is 1.68. The largest absolute Gasteiger partial charge is 0.397 e. The van der Waals surface area contributed by atoms with E-state index >= 15 is 0 Å². The van der Waals surface area contributed by atoms with Crippen molar-refractivity contribution in [3.05, 3.63) is 58.1 Å². The Hall–Kier alpha value is -1.62. The lowest BCUT2D eigenvalue weighted by molar-refractivity contribution is 0.508. The van der Waals surface area contributed by atoms with Gasteiger partial charge in [0.1, 0.15) is 0 Å². The predicted octanol–water partition coefficient (Wildman–Crippen LogP) is 3.95. The van der Waals surface area contributed by atoms with Gasteiger partial charge < -0.3 is 10.6 Å². The molecule has 0 saturated heterocycles. The Morgan fingerprint density at radius 3 is 2.37 bits per heavy atom. The molecule has 0 radical (unpaired) electrons. The van der Waals surface area contributed by atoms with Crippen molar-refractivity contribution in [3.8, 4) is 0 Å². The summed E-state index contributed by atoms with van der Waals surface area (Å²) in [6.45, 7) is 0.442. The summed E-state index contributed by atoms with van der Waals surface area (Å²) in [4.78, 5) is 1.59. The standard InChI is InChI=1S/C14H13BrF2N2/c1-19(8-9-2-4-10(15)5-3-9)14-12(18)7-6-11(16)13(14)17/h2-7H,8,18H2,1H3. The van der Waals surface area contributed by atoms with E-state index in [-0.39, 0.29) is 11.4 Å². The molecule has 2 aromatic rings. The van der Waals surface area contributed by atoms with Crippen LogP contribution in [0.2, 0.25) is 0 Å². The third-order valence-electron chi connectivity index (χ3n) is 2.81. The Bertz CT molecular complexity index is 585. The number of anilines is 2. The first kappa shape index (κ1) is 13.8. The Morgan fingerprint density at radius 1 is 1.11 bits per heavy atom. The summed E-state index contributed by atoms with van der Waals surface area (Å²) in [6.07, 6.45) is 0. The molecule has 0 spiro atoms. The van der Waals surface area contributed by atoms with Crippen molar-refractivity contribution in [3.63, 3.8) is 0 Å². The molecule has 0 heterocycles. The summed E-state index contributed by atoms with van der Waals surface area (Å²) >= 11 is 3.35. The topological polar surface area (TPSA) is 29.3 Å². The van der Waals surface area contributed by atoms with Gasteiger partial charge in [-0.3, -0.25) is 0 Å². The number of halogens is 3. The number of nitrogens with two attached hydrogens (primary N) is 1. The van der Waals surface area contributed by atoms with E-state index in [1.807, 2.05) is 24.3 Å². The molecule has 2 N–H and O–H groups in total. The molecule has 0 aliphatic heterocycles.